The Balaban J connectivity index is 1.48. The van der Waals surface area contributed by atoms with Crippen molar-refractivity contribution < 1.29 is 9.90 Å². The molecule has 1 fully saturated rings. The van der Waals surface area contributed by atoms with Crippen molar-refractivity contribution in [2.45, 2.75) is 64.6 Å². The highest BCUT2D eigenvalue weighted by Gasteiger charge is 2.24. The van der Waals surface area contributed by atoms with E-state index in [1.54, 1.807) is 25.2 Å². The molecule has 3 N–H and O–H groups in total. The molecule has 1 saturated heterocycles. The molecule has 6 nitrogen and oxygen atoms in total. The number of rotatable bonds is 6. The fraction of sp³-hybridized carbons (Fsp3) is 0.440. The number of carbonyl (C=O) groups excluding carboxylic acids is 1. The molecule has 1 aromatic carbocycles. The number of allylic oxidation sites excluding steroid dienone is 2. The summed E-state index contributed by atoms with van der Waals surface area (Å²) in [6.07, 6.45) is 11.2. The van der Waals surface area contributed by atoms with Crippen LogP contribution in [-0.2, 0) is 11.3 Å². The van der Waals surface area contributed by atoms with E-state index in [2.05, 4.69) is 29.0 Å². The number of amides is 1. The molecule has 2 atom stereocenters. The molecule has 1 aliphatic carbocycles. The standard InChI is InChI=1S/C25H32N4O2/c1-4-6-19-9-8-18(12-13-25(19,3)31)24(30)26-20-10-11-21-22(15-20)28-23(27-21)16-29-14-5-7-17(29)2/h8-13,15,17,31H,4-7,14,16H2,1-3H3,(H,26,30)(H,27,28)/t17-,25?/m0/s1. The van der Waals surface area contributed by atoms with E-state index in [4.69, 9.17) is 4.98 Å². The van der Waals surface area contributed by atoms with Crippen molar-refractivity contribution in [2.75, 3.05) is 11.9 Å². The number of aromatic nitrogens is 2. The number of imidazole rings is 1. The van der Waals surface area contributed by atoms with Gasteiger partial charge in [0.15, 0.2) is 0 Å². The van der Waals surface area contributed by atoms with Gasteiger partial charge in [0.05, 0.1) is 17.6 Å². The number of H-pyrrole nitrogens is 1. The van der Waals surface area contributed by atoms with Gasteiger partial charge in [0, 0.05) is 17.3 Å². The molecule has 6 heteroatoms. The first-order valence-corrected chi connectivity index (χ1v) is 11.2. The number of aromatic amines is 1. The predicted octanol–water partition coefficient (Wildman–Crippen LogP) is 4.46. The summed E-state index contributed by atoms with van der Waals surface area (Å²) in [5, 5.41) is 13.6. The Labute approximate surface area is 183 Å². The first kappa shape index (κ1) is 21.5. The first-order valence-electron chi connectivity index (χ1n) is 11.2. The number of nitrogens with one attached hydrogen (secondary N) is 2. The van der Waals surface area contributed by atoms with Gasteiger partial charge in [0.1, 0.15) is 11.4 Å². The molecule has 1 aromatic heterocycles. The lowest BCUT2D eigenvalue weighted by Gasteiger charge is -2.21. The lowest BCUT2D eigenvalue weighted by Crippen LogP contribution is -2.26. The third-order valence-electron chi connectivity index (χ3n) is 6.32. The summed E-state index contributed by atoms with van der Waals surface area (Å²) in [6.45, 7) is 8.03. The molecular weight excluding hydrogens is 388 g/mol. The van der Waals surface area contributed by atoms with Gasteiger partial charge in [-0.25, -0.2) is 4.98 Å². The summed E-state index contributed by atoms with van der Waals surface area (Å²) in [5.41, 5.74) is 2.92. The van der Waals surface area contributed by atoms with Gasteiger partial charge in [0.25, 0.3) is 5.91 Å². The third kappa shape index (κ3) is 4.81. The minimum atomic E-state index is -1.04. The van der Waals surface area contributed by atoms with Crippen LogP contribution in [0.5, 0.6) is 0 Å². The van der Waals surface area contributed by atoms with Crippen molar-refractivity contribution in [2.24, 2.45) is 0 Å². The van der Waals surface area contributed by atoms with E-state index < -0.39 is 5.60 Å². The number of hydrogen-bond donors (Lipinski definition) is 3. The molecule has 2 heterocycles. The number of fused-ring (bicyclic) bond motifs is 1. The predicted molar refractivity (Wildman–Crippen MR) is 125 cm³/mol. The Morgan fingerprint density at radius 2 is 2.23 bits per heavy atom. The number of anilines is 1. The SMILES string of the molecule is CCCC1=CC=C(C(=O)Nc2ccc3nc(CN4CCC[C@@H]4C)[nH]c3c2)C=CC1(C)O. The summed E-state index contributed by atoms with van der Waals surface area (Å²) < 4.78 is 0. The summed E-state index contributed by atoms with van der Waals surface area (Å²) >= 11 is 0. The molecule has 4 rings (SSSR count). The number of hydrogen-bond acceptors (Lipinski definition) is 4. The van der Waals surface area contributed by atoms with Crippen molar-refractivity contribution in [1.29, 1.82) is 0 Å². The van der Waals surface area contributed by atoms with Gasteiger partial charge >= 0.3 is 0 Å². The van der Waals surface area contributed by atoms with Crippen LogP contribution in [-0.4, -0.2) is 44.1 Å². The van der Waals surface area contributed by atoms with Crippen LogP contribution in [0.4, 0.5) is 5.69 Å². The van der Waals surface area contributed by atoms with Gasteiger partial charge < -0.3 is 15.4 Å². The fourth-order valence-corrected chi connectivity index (χ4v) is 4.37. The number of nitrogens with zero attached hydrogens (tertiary/aromatic N) is 2. The van der Waals surface area contributed by atoms with Gasteiger partial charge in [0.2, 0.25) is 0 Å². The van der Waals surface area contributed by atoms with Gasteiger partial charge in [-0.2, -0.15) is 0 Å². The molecule has 1 aliphatic heterocycles. The molecule has 0 spiro atoms. The second-order valence-electron chi connectivity index (χ2n) is 8.88. The van der Waals surface area contributed by atoms with E-state index in [-0.39, 0.29) is 5.91 Å². The minimum absolute atomic E-state index is 0.203. The zero-order valence-corrected chi connectivity index (χ0v) is 18.6. The minimum Gasteiger partial charge on any atom is -0.382 e. The van der Waals surface area contributed by atoms with Crippen LogP contribution in [0.3, 0.4) is 0 Å². The number of benzene rings is 1. The van der Waals surface area contributed by atoms with Gasteiger partial charge in [-0.3, -0.25) is 9.69 Å². The van der Waals surface area contributed by atoms with Crippen LogP contribution in [0.25, 0.3) is 11.0 Å². The molecule has 1 amide bonds. The van der Waals surface area contributed by atoms with Gasteiger partial charge in [-0.05, 0) is 75.6 Å². The van der Waals surface area contributed by atoms with E-state index in [0.717, 1.165) is 48.4 Å². The Bertz CT molecular complexity index is 1060. The molecule has 0 bridgehead atoms. The van der Waals surface area contributed by atoms with Crippen LogP contribution >= 0.6 is 0 Å². The van der Waals surface area contributed by atoms with Crippen LogP contribution in [0.15, 0.2) is 53.6 Å². The monoisotopic (exact) mass is 420 g/mol. The fourth-order valence-electron chi connectivity index (χ4n) is 4.37. The maximum atomic E-state index is 12.8. The quantitative estimate of drug-likeness (QED) is 0.644. The Hall–Kier alpha value is -2.70. The van der Waals surface area contributed by atoms with E-state index >= 15 is 0 Å². The number of aliphatic hydroxyl groups is 1. The largest absolute Gasteiger partial charge is 0.382 e. The van der Waals surface area contributed by atoms with E-state index in [9.17, 15) is 9.90 Å². The maximum absolute atomic E-state index is 12.8. The van der Waals surface area contributed by atoms with Crippen molar-refractivity contribution in [1.82, 2.24) is 14.9 Å². The first-order chi connectivity index (χ1) is 14.9. The molecule has 164 valence electrons. The average Bonchev–Trinajstić information content (AvgIpc) is 3.27. The van der Waals surface area contributed by atoms with E-state index in [1.165, 1.54) is 12.8 Å². The summed E-state index contributed by atoms with van der Waals surface area (Å²) in [4.78, 5) is 23.4. The van der Waals surface area contributed by atoms with Crippen LogP contribution < -0.4 is 5.32 Å². The second kappa shape index (κ2) is 8.81. The lowest BCUT2D eigenvalue weighted by atomic mass is 9.92. The number of likely N-dealkylation sites (tertiary alicyclic amines) is 1. The Morgan fingerprint density at radius 3 is 2.97 bits per heavy atom. The van der Waals surface area contributed by atoms with E-state index in [1.807, 2.05) is 24.3 Å². The molecule has 31 heavy (non-hydrogen) atoms. The zero-order chi connectivity index (χ0) is 22.0. The lowest BCUT2D eigenvalue weighted by molar-refractivity contribution is -0.112. The van der Waals surface area contributed by atoms with Gasteiger partial charge in [-0.15, -0.1) is 0 Å². The summed E-state index contributed by atoms with van der Waals surface area (Å²) in [7, 11) is 0. The Morgan fingerprint density at radius 1 is 1.39 bits per heavy atom. The van der Waals surface area contributed by atoms with Crippen molar-refractivity contribution in [3.05, 3.63) is 59.5 Å². The smallest absolute Gasteiger partial charge is 0.255 e. The molecular formula is C25H32N4O2. The maximum Gasteiger partial charge on any atom is 0.255 e. The summed E-state index contributed by atoms with van der Waals surface area (Å²) in [6, 6.07) is 6.32. The molecule has 1 unspecified atom stereocenters. The highest BCUT2D eigenvalue weighted by molar-refractivity contribution is 6.06. The average molecular weight is 421 g/mol. The number of carbonyl (C=O) groups is 1. The summed E-state index contributed by atoms with van der Waals surface area (Å²) in [5.74, 6) is 0.753. The third-order valence-corrected chi connectivity index (χ3v) is 6.32. The normalized spacial score (nSPS) is 24.2. The highest BCUT2D eigenvalue weighted by Crippen LogP contribution is 2.27. The zero-order valence-electron chi connectivity index (χ0n) is 18.6. The van der Waals surface area contributed by atoms with Crippen LogP contribution in [0, 0.1) is 0 Å². The molecule has 2 aromatic rings. The van der Waals surface area contributed by atoms with Crippen LogP contribution in [0.2, 0.25) is 0 Å². The highest BCUT2D eigenvalue weighted by atomic mass is 16.3. The molecule has 2 aliphatic rings. The topological polar surface area (TPSA) is 81.2 Å². The van der Waals surface area contributed by atoms with Crippen molar-refractivity contribution in [3.63, 3.8) is 0 Å². The second-order valence-corrected chi connectivity index (χ2v) is 8.88. The molecule has 0 saturated carbocycles. The Kier molecular flexibility index (Phi) is 6.12. The van der Waals surface area contributed by atoms with Crippen molar-refractivity contribution in [3.8, 4) is 0 Å². The van der Waals surface area contributed by atoms with Crippen LogP contribution in [0.1, 0.15) is 52.3 Å². The van der Waals surface area contributed by atoms with E-state index in [0.29, 0.717) is 17.3 Å². The molecule has 0 radical (unpaired) electrons. The van der Waals surface area contributed by atoms with Crippen molar-refractivity contribution >= 4 is 22.6 Å². The van der Waals surface area contributed by atoms with Gasteiger partial charge in [-0.1, -0.05) is 25.5 Å².